The number of amides is 4. The van der Waals surface area contributed by atoms with E-state index >= 15 is 0 Å². The van der Waals surface area contributed by atoms with Crippen LogP contribution in [0.15, 0.2) is 12.5 Å². The molecule has 1 aromatic heterocycles. The highest BCUT2D eigenvalue weighted by Gasteiger charge is 2.33. The minimum Gasteiger partial charge on any atom is -0.481 e. The van der Waals surface area contributed by atoms with Crippen LogP contribution in [0.3, 0.4) is 0 Å². The summed E-state index contributed by atoms with van der Waals surface area (Å²) < 4.78 is 21.6. The minimum absolute atomic E-state index is 0.0270. The summed E-state index contributed by atoms with van der Waals surface area (Å²) in [5, 5.41) is 48.4. The number of ketones is 5. The van der Waals surface area contributed by atoms with E-state index in [-0.39, 0.29) is 171 Å². The van der Waals surface area contributed by atoms with Crippen molar-refractivity contribution in [2.24, 2.45) is 17.3 Å². The maximum absolute atomic E-state index is 13.3. The molecule has 1 aromatic rings. The Balaban J connectivity index is 2.18. The zero-order chi connectivity index (χ0) is 65.5. The third kappa shape index (κ3) is 41.7. The van der Waals surface area contributed by atoms with Gasteiger partial charge in [-0.25, -0.2) is 9.78 Å². The SMILES string of the molecule is CC(=O)[C@@H](NC(=O)[C@H](CCCCNC(=O)COCCOCCNC(=O)COCCOCCCC(=O)CC[C@H](NC(=O)CC[C@H](CC(=O)CCCCCCCCCCCCC(=O)O)C(=O)O)C(=O)O)CCC(=O)C(C)(C)CC(=O)CCc1cnc[nH]1)[C@@H](C)O. The topological polar surface area (TPSA) is 399 Å². The van der Waals surface area contributed by atoms with E-state index in [1.165, 1.54) is 20.2 Å². The number of Topliss-reactive ketones (excluding diaryl/α,β-unsaturated/α-hetero) is 5. The maximum atomic E-state index is 13.3. The summed E-state index contributed by atoms with van der Waals surface area (Å²) in [7, 11) is 0. The van der Waals surface area contributed by atoms with Gasteiger partial charge < -0.3 is 65.6 Å². The summed E-state index contributed by atoms with van der Waals surface area (Å²) in [5.74, 6) is -8.10. The third-order valence-electron chi connectivity index (χ3n) is 14.7. The molecule has 0 saturated heterocycles. The highest BCUT2D eigenvalue weighted by atomic mass is 16.5. The molecule has 0 bridgehead atoms. The highest BCUT2D eigenvalue weighted by molar-refractivity contribution is 5.92. The molecule has 0 saturated carbocycles. The second kappa shape index (κ2) is 48.6. The Kier molecular flexibility index (Phi) is 44.0. The maximum Gasteiger partial charge on any atom is 0.326 e. The zero-order valence-corrected chi connectivity index (χ0v) is 52.5. The van der Waals surface area contributed by atoms with Gasteiger partial charge in [0.1, 0.15) is 48.4 Å². The van der Waals surface area contributed by atoms with Crippen LogP contribution < -0.4 is 21.3 Å². The Morgan fingerprint density at radius 3 is 1.68 bits per heavy atom. The number of carboxylic acid groups (broad SMARTS) is 3. The summed E-state index contributed by atoms with van der Waals surface area (Å²) in [4.78, 5) is 155. The van der Waals surface area contributed by atoms with Crippen molar-refractivity contribution in [1.29, 1.82) is 0 Å². The van der Waals surface area contributed by atoms with E-state index in [1.807, 2.05) is 0 Å². The van der Waals surface area contributed by atoms with Crippen LogP contribution in [0.2, 0.25) is 0 Å². The van der Waals surface area contributed by atoms with Gasteiger partial charge in [0.15, 0.2) is 5.78 Å². The first kappa shape index (κ1) is 79.7. The summed E-state index contributed by atoms with van der Waals surface area (Å²) in [5.41, 5.74) is -0.134. The monoisotopic (exact) mass is 1250 g/mol. The number of rotatable bonds is 59. The van der Waals surface area contributed by atoms with E-state index in [0.717, 1.165) is 57.1 Å². The molecule has 0 radical (unpaired) electrons. The Hall–Kier alpha value is -6.35. The molecule has 1 rings (SSSR count). The van der Waals surface area contributed by atoms with Crippen LogP contribution in [0.25, 0.3) is 0 Å². The molecule has 1 heterocycles. The summed E-state index contributed by atoms with van der Waals surface area (Å²) in [6, 6.07) is -2.47. The van der Waals surface area contributed by atoms with Gasteiger partial charge in [-0.3, -0.25) is 52.7 Å². The number of imidazole rings is 1. The summed E-state index contributed by atoms with van der Waals surface area (Å²) in [6.45, 7) is 7.01. The lowest BCUT2D eigenvalue weighted by atomic mass is 9.79. The van der Waals surface area contributed by atoms with E-state index in [9.17, 15) is 72.9 Å². The van der Waals surface area contributed by atoms with Crippen molar-refractivity contribution in [1.82, 2.24) is 31.2 Å². The van der Waals surface area contributed by atoms with Gasteiger partial charge in [-0.15, -0.1) is 0 Å². The lowest BCUT2D eigenvalue weighted by molar-refractivity contribution is -0.145. The second-order valence-electron chi connectivity index (χ2n) is 23.1. The molecule has 26 heteroatoms. The molecular formula is C62H102N6O20. The van der Waals surface area contributed by atoms with Crippen molar-refractivity contribution >= 4 is 70.5 Å². The number of nitrogens with zero attached hydrogens (tertiary/aromatic N) is 1. The van der Waals surface area contributed by atoms with Gasteiger partial charge in [0.05, 0.1) is 51.4 Å². The molecule has 0 aliphatic carbocycles. The van der Waals surface area contributed by atoms with Gasteiger partial charge in [0.25, 0.3) is 0 Å². The number of carboxylic acids is 3. The number of aromatic amines is 1. The van der Waals surface area contributed by atoms with E-state index in [1.54, 1.807) is 20.0 Å². The molecule has 500 valence electrons. The van der Waals surface area contributed by atoms with Gasteiger partial charge in [-0.05, 0) is 71.6 Å². The molecule has 4 amide bonds. The number of aliphatic hydroxyl groups excluding tert-OH is 1. The molecular weight excluding hydrogens is 1150 g/mol. The van der Waals surface area contributed by atoms with Crippen LogP contribution in [0.1, 0.15) is 200 Å². The number of aliphatic hydroxyl groups is 1. The van der Waals surface area contributed by atoms with Gasteiger partial charge in [0, 0.05) is 101 Å². The van der Waals surface area contributed by atoms with Crippen LogP contribution in [-0.2, 0) is 82.9 Å². The van der Waals surface area contributed by atoms with Crippen LogP contribution >= 0.6 is 0 Å². The first-order valence-corrected chi connectivity index (χ1v) is 31.3. The van der Waals surface area contributed by atoms with Crippen LogP contribution in [0, 0.1) is 17.3 Å². The predicted molar refractivity (Wildman–Crippen MR) is 322 cm³/mol. The fourth-order valence-corrected chi connectivity index (χ4v) is 9.47. The molecule has 0 unspecified atom stereocenters. The van der Waals surface area contributed by atoms with E-state index in [4.69, 9.17) is 24.1 Å². The largest absolute Gasteiger partial charge is 0.481 e. The highest BCUT2D eigenvalue weighted by Crippen LogP contribution is 2.28. The third-order valence-corrected chi connectivity index (χ3v) is 14.7. The number of hydrogen-bond donors (Lipinski definition) is 9. The average Bonchev–Trinajstić information content (AvgIpc) is 4.08. The molecule has 88 heavy (non-hydrogen) atoms. The van der Waals surface area contributed by atoms with Crippen molar-refractivity contribution in [3.05, 3.63) is 18.2 Å². The molecule has 0 aliphatic heterocycles. The van der Waals surface area contributed by atoms with E-state index < -0.39 is 70.9 Å². The molecule has 0 fully saturated rings. The van der Waals surface area contributed by atoms with Crippen molar-refractivity contribution in [3.63, 3.8) is 0 Å². The lowest BCUT2D eigenvalue weighted by Gasteiger charge is -2.25. The number of aryl methyl sites for hydroxylation is 1. The van der Waals surface area contributed by atoms with Gasteiger partial charge >= 0.3 is 17.9 Å². The number of ether oxygens (including phenoxy) is 4. The Morgan fingerprint density at radius 2 is 1.11 bits per heavy atom. The molecule has 26 nitrogen and oxygen atoms in total. The van der Waals surface area contributed by atoms with Crippen LogP contribution in [-0.4, -0.2) is 185 Å². The Labute approximate surface area is 517 Å². The van der Waals surface area contributed by atoms with E-state index in [0.29, 0.717) is 51.5 Å². The number of aliphatic carboxylic acids is 3. The normalized spacial score (nSPS) is 13.1. The quantitative estimate of drug-likeness (QED) is 0.0382. The smallest absolute Gasteiger partial charge is 0.326 e. The van der Waals surface area contributed by atoms with Gasteiger partial charge in [-0.1, -0.05) is 71.6 Å². The fraction of sp³-hybridized carbons (Fsp3) is 0.758. The number of H-pyrrole nitrogens is 1. The number of unbranched alkanes of at least 4 members (excludes halogenated alkanes) is 10. The van der Waals surface area contributed by atoms with Gasteiger partial charge in [-0.2, -0.15) is 0 Å². The number of aromatic nitrogens is 2. The number of nitrogens with one attached hydrogen (secondary N) is 5. The molecule has 0 aromatic carbocycles. The Bertz CT molecular complexity index is 2260. The number of hydrogen-bond acceptors (Lipinski definition) is 18. The van der Waals surface area contributed by atoms with Crippen LogP contribution in [0.5, 0.6) is 0 Å². The van der Waals surface area contributed by atoms with Crippen LogP contribution in [0.4, 0.5) is 0 Å². The predicted octanol–water partition coefficient (Wildman–Crippen LogP) is 5.12. The molecule has 5 atom stereocenters. The van der Waals surface area contributed by atoms with E-state index in [2.05, 4.69) is 31.2 Å². The van der Waals surface area contributed by atoms with Crippen molar-refractivity contribution < 1.29 is 96.9 Å². The Morgan fingerprint density at radius 1 is 0.545 bits per heavy atom. The number of carbonyl (C=O) groups excluding carboxylic acids is 9. The van der Waals surface area contributed by atoms with Crippen molar-refractivity contribution in [2.45, 2.75) is 219 Å². The summed E-state index contributed by atoms with van der Waals surface area (Å²) >= 11 is 0. The van der Waals surface area contributed by atoms with Crippen molar-refractivity contribution in [2.75, 3.05) is 65.9 Å². The minimum atomic E-state index is -1.36. The average molecular weight is 1250 g/mol. The molecule has 0 spiro atoms. The second-order valence-corrected chi connectivity index (χ2v) is 23.1. The fourth-order valence-electron chi connectivity index (χ4n) is 9.47. The molecule has 0 aliphatic rings. The first-order valence-electron chi connectivity index (χ1n) is 31.3. The zero-order valence-electron chi connectivity index (χ0n) is 52.5. The van der Waals surface area contributed by atoms with Crippen molar-refractivity contribution in [3.8, 4) is 0 Å². The van der Waals surface area contributed by atoms with Gasteiger partial charge in [0.2, 0.25) is 23.6 Å². The standard InChI is InChI=1S/C62H102N6O20/c1-44(69)58(45(2)70)68-59(80)46(22-28-53(74)62(3,4)39-51(73)25-24-48-40-63-43-66-48)18-15-16-30-64-55(76)41-88-37-35-86-33-31-65-56(77)42-87-36-34-85-32-17-20-49(71)26-27-52(61(83)84)67-54(75)29-23-47(60(81)82)38-50(72)19-13-11-9-7-5-6-8-10-12-14-21-57(78)79/h40,43-44,46-47,52,58,69H,5-39,41-42H2,1-4H3,(H,63,66)(H,64,76)(H,65,77)(H,67,75)(H,68,80)(H,78,79)(H,81,82)(H,83,84)/t44-,46-,47-,52+,58+/m1/s1. The first-order chi connectivity index (χ1) is 41.9. The summed E-state index contributed by atoms with van der Waals surface area (Å²) in [6.07, 6.45) is 13.6. The lowest BCUT2D eigenvalue weighted by Crippen LogP contribution is -2.48. The molecule has 9 N–H and O–H groups in total. The number of carbonyl (C=O) groups is 12.